The number of β-lactam (4-membered cyclic amide) rings is 1. The summed E-state index contributed by atoms with van der Waals surface area (Å²) in [5.74, 6) is -2.76. The van der Waals surface area contributed by atoms with Crippen molar-refractivity contribution in [3.8, 4) is 17.0 Å². The number of nitrogens with one attached hydrogen (secondary N) is 1. The summed E-state index contributed by atoms with van der Waals surface area (Å²) in [5, 5.41) is 38.7. The van der Waals surface area contributed by atoms with Gasteiger partial charge in [0.1, 0.15) is 28.5 Å². The van der Waals surface area contributed by atoms with Crippen LogP contribution in [0.5, 0.6) is 5.75 Å². The van der Waals surface area contributed by atoms with Gasteiger partial charge in [-0.2, -0.15) is 4.73 Å². The number of aromatic nitrogens is 3. The number of rotatable bonds is 11. The lowest BCUT2D eigenvalue weighted by Gasteiger charge is -2.49. The van der Waals surface area contributed by atoms with Crippen molar-refractivity contribution >= 4 is 74.8 Å². The Morgan fingerprint density at radius 1 is 1.17 bits per heavy atom. The number of carbonyl (C=O) groups excluding carboxylic acids is 2. The molecule has 0 unspecified atom stereocenters. The molecule has 2 aliphatic rings. The number of carboxylic acid groups (broad SMARTS) is 1. The first-order valence-corrected chi connectivity index (χ1v) is 17.3. The van der Waals surface area contributed by atoms with Crippen LogP contribution in [0.25, 0.3) is 11.3 Å². The maximum Gasteiger partial charge on any atom is 0.352 e. The van der Waals surface area contributed by atoms with Crippen molar-refractivity contribution in [3.05, 3.63) is 86.2 Å². The highest BCUT2D eigenvalue weighted by Crippen LogP contribution is 2.42. The van der Waals surface area contributed by atoms with Gasteiger partial charge in [-0.25, -0.2) is 14.8 Å². The third kappa shape index (κ3) is 6.68. The summed E-state index contributed by atoms with van der Waals surface area (Å²) in [4.78, 5) is 65.8. The summed E-state index contributed by atoms with van der Waals surface area (Å²) in [6.07, 6.45) is 0.778. The molecule has 4 aromatic rings. The van der Waals surface area contributed by atoms with E-state index in [0.29, 0.717) is 21.8 Å². The van der Waals surface area contributed by atoms with E-state index in [1.54, 1.807) is 0 Å². The van der Waals surface area contributed by atoms with E-state index < -0.39 is 47.0 Å². The van der Waals surface area contributed by atoms with Gasteiger partial charge >= 0.3 is 5.97 Å². The number of hydrogen-bond acceptors (Lipinski definition) is 15. The fraction of sp³-hybridized carbons (Fsp3) is 0.179. The van der Waals surface area contributed by atoms with Crippen molar-refractivity contribution in [2.24, 2.45) is 5.16 Å². The van der Waals surface area contributed by atoms with Crippen LogP contribution in [0.15, 0.2) is 78.9 Å². The van der Waals surface area contributed by atoms with E-state index in [4.69, 9.17) is 10.6 Å². The van der Waals surface area contributed by atoms with Crippen LogP contribution in [-0.4, -0.2) is 81.4 Å². The van der Waals surface area contributed by atoms with E-state index in [1.165, 1.54) is 45.1 Å². The van der Waals surface area contributed by atoms with Gasteiger partial charge in [0.25, 0.3) is 11.8 Å². The number of anilines is 1. The second-order valence-corrected chi connectivity index (χ2v) is 14.0. The smallest absolute Gasteiger partial charge is 0.352 e. The maximum absolute atomic E-state index is 13.4. The number of aromatic hydroxyl groups is 1. The van der Waals surface area contributed by atoms with Crippen molar-refractivity contribution in [2.45, 2.75) is 22.4 Å². The molecular weight excluding hydrogens is 691 g/mol. The van der Waals surface area contributed by atoms with Crippen LogP contribution in [0.3, 0.4) is 0 Å². The average molecular weight is 714 g/mol. The number of oxime groups is 1. The Morgan fingerprint density at radius 3 is 2.68 bits per heavy atom. The van der Waals surface area contributed by atoms with Gasteiger partial charge in [-0.3, -0.25) is 19.3 Å². The van der Waals surface area contributed by atoms with Gasteiger partial charge in [0.2, 0.25) is 5.43 Å². The van der Waals surface area contributed by atoms with Crippen molar-refractivity contribution < 1.29 is 34.6 Å². The standard InChI is InChI=1S/C28H23N7O8S4/c29-27-30-17(12-45-27)20(33-43-8-15-6-18(36)19(37)7-34(15)42)23(38)32-21-24(39)35-22(26(40)41)14(9-44-25(21)35)10-46-28-31-16(11-47-28)13-4-2-1-3-5-13/h1-7,11-12,21,25,37,42H,8-10H2,(H2,29,30)(H,32,38)(H,40,41)/b33-20-/t21-,25-/m1/s1. The molecule has 19 heteroatoms. The number of pyridine rings is 1. The summed E-state index contributed by atoms with van der Waals surface area (Å²) in [6, 6.07) is 9.54. The number of carbonyl (C=O) groups is 3. The number of benzene rings is 1. The lowest BCUT2D eigenvalue weighted by atomic mass is 10.0. The molecule has 1 saturated heterocycles. The zero-order chi connectivity index (χ0) is 33.2. The first kappa shape index (κ1) is 32.1. The Hall–Kier alpha value is -4.85. The Labute approximate surface area is 281 Å². The summed E-state index contributed by atoms with van der Waals surface area (Å²) in [6.45, 7) is -0.473. The number of hydrogen-bond donors (Lipinski definition) is 5. The Kier molecular flexibility index (Phi) is 9.21. The molecule has 0 saturated carbocycles. The van der Waals surface area contributed by atoms with Gasteiger partial charge in [0, 0.05) is 33.9 Å². The van der Waals surface area contributed by atoms with Crippen LogP contribution in [0.1, 0.15) is 11.4 Å². The number of thioether (sulfide) groups is 2. The fourth-order valence-electron chi connectivity index (χ4n) is 4.64. The molecule has 1 fully saturated rings. The quantitative estimate of drug-likeness (QED) is 0.0496. The van der Waals surface area contributed by atoms with E-state index in [0.717, 1.165) is 39.2 Å². The minimum Gasteiger partial charge on any atom is -0.503 e. The van der Waals surface area contributed by atoms with Gasteiger partial charge in [-0.15, -0.1) is 34.4 Å². The SMILES string of the molecule is Nc1nc(/C(=N/OCc2cc(=O)c(O)cn2O)C(=O)N[C@@H]2C(=O)N3C(C(=O)O)=C(CSc4nc(-c5ccccc5)cs4)CS[C@H]23)cs1. The number of aliphatic carboxylic acids is 1. The van der Waals surface area contributed by atoms with E-state index in [1.807, 2.05) is 35.7 Å². The molecule has 0 spiro atoms. The minimum atomic E-state index is -1.25. The van der Waals surface area contributed by atoms with Gasteiger partial charge in [0.15, 0.2) is 27.5 Å². The van der Waals surface area contributed by atoms with Crippen LogP contribution in [0.2, 0.25) is 0 Å². The van der Waals surface area contributed by atoms with Crippen molar-refractivity contribution in [2.75, 3.05) is 17.2 Å². The van der Waals surface area contributed by atoms with Crippen LogP contribution in [0, 0.1) is 0 Å². The maximum atomic E-state index is 13.4. The topological polar surface area (TPSA) is 223 Å². The molecule has 1 aromatic carbocycles. The number of carboxylic acids is 1. The molecule has 2 atom stereocenters. The monoisotopic (exact) mass is 713 g/mol. The molecule has 3 aromatic heterocycles. The molecule has 0 aliphatic carbocycles. The molecule has 47 heavy (non-hydrogen) atoms. The number of nitrogen functional groups attached to an aromatic ring is 1. The van der Waals surface area contributed by atoms with Gasteiger partial charge in [0.05, 0.1) is 11.9 Å². The largest absolute Gasteiger partial charge is 0.503 e. The van der Waals surface area contributed by atoms with E-state index in [2.05, 4.69) is 20.4 Å². The first-order valence-electron chi connectivity index (χ1n) is 13.5. The number of amides is 2. The van der Waals surface area contributed by atoms with Gasteiger partial charge in [-0.1, -0.05) is 47.2 Å². The molecule has 0 radical (unpaired) electrons. The fourth-order valence-corrected chi connectivity index (χ4v) is 8.51. The van der Waals surface area contributed by atoms with Crippen molar-refractivity contribution in [1.82, 2.24) is 24.9 Å². The van der Waals surface area contributed by atoms with E-state index in [-0.39, 0.29) is 27.9 Å². The molecule has 2 amide bonds. The van der Waals surface area contributed by atoms with Crippen LogP contribution >= 0.6 is 46.2 Å². The predicted molar refractivity (Wildman–Crippen MR) is 175 cm³/mol. The van der Waals surface area contributed by atoms with Crippen molar-refractivity contribution in [1.29, 1.82) is 0 Å². The molecule has 5 heterocycles. The number of nitrogens with two attached hydrogens (primary N) is 1. The predicted octanol–water partition coefficient (Wildman–Crippen LogP) is 2.41. The summed E-state index contributed by atoms with van der Waals surface area (Å²) >= 11 is 5.19. The molecule has 6 rings (SSSR count). The molecule has 6 N–H and O–H groups in total. The summed E-state index contributed by atoms with van der Waals surface area (Å²) < 4.78 is 1.23. The third-order valence-electron chi connectivity index (χ3n) is 6.90. The van der Waals surface area contributed by atoms with Gasteiger partial charge in [-0.05, 0) is 5.57 Å². The lowest BCUT2D eigenvalue weighted by molar-refractivity contribution is -0.150. The highest BCUT2D eigenvalue weighted by Gasteiger charge is 2.54. The van der Waals surface area contributed by atoms with Crippen LogP contribution in [0.4, 0.5) is 5.13 Å². The number of thiazole rings is 2. The van der Waals surface area contributed by atoms with Crippen LogP contribution < -0.4 is 16.5 Å². The summed E-state index contributed by atoms with van der Waals surface area (Å²) in [5.41, 5.74) is 6.82. The summed E-state index contributed by atoms with van der Waals surface area (Å²) in [7, 11) is 0. The molecule has 2 aliphatic heterocycles. The Balaban J connectivity index is 1.15. The zero-order valence-electron chi connectivity index (χ0n) is 23.8. The normalized spacial score (nSPS) is 17.7. The Bertz CT molecular complexity index is 1990. The number of nitrogens with zero attached hydrogens (tertiary/aromatic N) is 5. The minimum absolute atomic E-state index is 0.0417. The van der Waals surface area contributed by atoms with Crippen molar-refractivity contribution in [3.63, 3.8) is 0 Å². The molecular formula is C28H23N7O8S4. The Morgan fingerprint density at radius 2 is 1.96 bits per heavy atom. The highest BCUT2D eigenvalue weighted by atomic mass is 32.2. The molecule has 242 valence electrons. The first-order chi connectivity index (χ1) is 22.6. The van der Waals surface area contributed by atoms with Crippen LogP contribution in [-0.2, 0) is 25.8 Å². The molecule has 15 nitrogen and oxygen atoms in total. The lowest BCUT2D eigenvalue weighted by Crippen LogP contribution is -2.71. The second-order valence-electron chi connectivity index (χ2n) is 9.91. The second kappa shape index (κ2) is 13.5. The van der Waals surface area contributed by atoms with E-state index >= 15 is 0 Å². The number of fused-ring (bicyclic) bond motifs is 1. The van der Waals surface area contributed by atoms with Gasteiger partial charge < -0.3 is 31.3 Å². The highest BCUT2D eigenvalue weighted by molar-refractivity contribution is 8.01. The molecule has 0 bridgehead atoms. The van der Waals surface area contributed by atoms with E-state index in [9.17, 15) is 34.6 Å². The average Bonchev–Trinajstić information content (AvgIpc) is 3.72. The zero-order valence-corrected chi connectivity index (χ0v) is 27.1. The third-order valence-corrected chi connectivity index (χ3v) is 11.0.